The van der Waals surface area contributed by atoms with E-state index in [9.17, 15) is 4.79 Å². The van der Waals surface area contributed by atoms with Gasteiger partial charge in [0, 0.05) is 19.2 Å². The van der Waals surface area contributed by atoms with Gasteiger partial charge in [0.25, 0.3) is 0 Å². The van der Waals surface area contributed by atoms with Crippen LogP contribution in [-0.2, 0) is 4.74 Å². The quantitative estimate of drug-likeness (QED) is 0.869. The highest BCUT2D eigenvalue weighted by Gasteiger charge is 2.16. The monoisotopic (exact) mass is 256 g/mol. The number of nitrogens with one attached hydrogen (secondary N) is 2. The van der Waals surface area contributed by atoms with Gasteiger partial charge in [0.1, 0.15) is 6.10 Å². The van der Waals surface area contributed by atoms with Crippen molar-refractivity contribution in [3.8, 4) is 0 Å². The first kappa shape index (κ1) is 14.0. The summed E-state index contributed by atoms with van der Waals surface area (Å²) < 4.78 is 5.34. The second-order valence-electron chi connectivity index (χ2n) is 4.87. The zero-order chi connectivity index (χ0) is 12.9. The average Bonchev–Trinajstić information content (AvgIpc) is 2.69. The first-order valence-corrected chi connectivity index (χ1v) is 6.47. The zero-order valence-corrected chi connectivity index (χ0v) is 11.6. The fourth-order valence-corrected chi connectivity index (χ4v) is 2.07. The molecule has 17 heavy (non-hydrogen) atoms. The van der Waals surface area contributed by atoms with Gasteiger partial charge < -0.3 is 15.4 Å². The Morgan fingerprint density at radius 2 is 2.24 bits per heavy atom. The van der Waals surface area contributed by atoms with Crippen molar-refractivity contribution in [1.82, 2.24) is 10.6 Å². The number of methoxy groups -OCH3 is 1. The normalized spacial score (nSPS) is 13.2. The molecule has 1 rings (SSSR count). The van der Waals surface area contributed by atoms with Gasteiger partial charge in [0.15, 0.2) is 0 Å². The Hall–Kier alpha value is -1.07. The molecule has 5 heteroatoms. The van der Waals surface area contributed by atoms with Crippen LogP contribution in [-0.4, -0.2) is 25.2 Å². The summed E-state index contributed by atoms with van der Waals surface area (Å²) in [7, 11) is 1.64. The molecule has 0 aliphatic heterocycles. The fourth-order valence-electron chi connectivity index (χ4n) is 1.37. The Morgan fingerprint density at radius 1 is 1.53 bits per heavy atom. The van der Waals surface area contributed by atoms with Crippen LogP contribution in [0.3, 0.4) is 0 Å². The van der Waals surface area contributed by atoms with Crippen LogP contribution in [0.2, 0.25) is 0 Å². The molecule has 0 saturated carbocycles. The smallest absolute Gasteiger partial charge is 0.315 e. The predicted octanol–water partition coefficient (Wildman–Crippen LogP) is 2.53. The molecule has 1 aromatic rings. The molecule has 1 aromatic heterocycles. The summed E-state index contributed by atoms with van der Waals surface area (Å²) in [6.07, 6.45) is -0.0908. The maximum Gasteiger partial charge on any atom is 0.315 e. The number of hydrogen-bond acceptors (Lipinski definition) is 3. The van der Waals surface area contributed by atoms with Gasteiger partial charge in [-0.05, 0) is 43.2 Å². The van der Waals surface area contributed by atoms with Crippen LogP contribution in [0.5, 0.6) is 0 Å². The minimum Gasteiger partial charge on any atom is -0.375 e. The van der Waals surface area contributed by atoms with E-state index in [0.717, 1.165) is 5.56 Å². The van der Waals surface area contributed by atoms with Crippen molar-refractivity contribution in [2.24, 2.45) is 0 Å². The van der Waals surface area contributed by atoms with E-state index in [1.54, 1.807) is 18.4 Å². The highest BCUT2D eigenvalue weighted by Crippen LogP contribution is 2.18. The number of thiophene rings is 1. The number of amides is 2. The third-order valence-corrected chi connectivity index (χ3v) is 2.84. The van der Waals surface area contributed by atoms with Gasteiger partial charge in [-0.1, -0.05) is 0 Å². The summed E-state index contributed by atoms with van der Waals surface area (Å²) in [6.45, 7) is 6.30. The van der Waals surface area contributed by atoms with E-state index in [2.05, 4.69) is 10.6 Å². The molecule has 0 radical (unpaired) electrons. The third kappa shape index (κ3) is 5.19. The molecule has 4 nitrogen and oxygen atoms in total. The van der Waals surface area contributed by atoms with Crippen LogP contribution in [0.15, 0.2) is 16.8 Å². The zero-order valence-electron chi connectivity index (χ0n) is 10.7. The second-order valence-corrected chi connectivity index (χ2v) is 5.65. The van der Waals surface area contributed by atoms with E-state index < -0.39 is 0 Å². The van der Waals surface area contributed by atoms with Gasteiger partial charge in [-0.3, -0.25) is 0 Å². The summed E-state index contributed by atoms with van der Waals surface area (Å²) in [5.74, 6) is 0. The van der Waals surface area contributed by atoms with Crippen molar-refractivity contribution >= 4 is 17.4 Å². The lowest BCUT2D eigenvalue weighted by Gasteiger charge is -2.22. The van der Waals surface area contributed by atoms with E-state index in [0.29, 0.717) is 6.54 Å². The number of rotatable bonds is 4. The van der Waals surface area contributed by atoms with Crippen molar-refractivity contribution in [2.45, 2.75) is 32.4 Å². The first-order valence-electron chi connectivity index (χ1n) is 5.53. The minimum atomic E-state index is -0.227. The number of hydrogen-bond donors (Lipinski definition) is 2. The average molecular weight is 256 g/mol. The molecule has 2 N–H and O–H groups in total. The lowest BCUT2D eigenvalue weighted by atomic mass is 10.1. The maximum atomic E-state index is 11.6. The number of carbonyl (C=O) groups excluding carboxylic acids is 1. The van der Waals surface area contributed by atoms with Crippen molar-refractivity contribution in [1.29, 1.82) is 0 Å². The standard InChI is InChI=1S/C12H20N2O2S/c1-12(2,3)14-11(15)13-7-10(16-4)9-5-6-17-8-9/h5-6,8,10H,7H2,1-4H3,(H2,13,14,15). The SMILES string of the molecule is COC(CNC(=O)NC(C)(C)C)c1ccsc1. The first-order chi connectivity index (χ1) is 7.92. The minimum absolute atomic E-state index is 0.0908. The molecule has 0 saturated heterocycles. The topological polar surface area (TPSA) is 50.4 Å². The Kier molecular flexibility index (Phi) is 4.96. The molecule has 2 amide bonds. The molecular weight excluding hydrogens is 236 g/mol. The van der Waals surface area contributed by atoms with E-state index in [-0.39, 0.29) is 17.7 Å². The Labute approximate surface area is 106 Å². The van der Waals surface area contributed by atoms with E-state index in [4.69, 9.17) is 4.74 Å². The molecule has 96 valence electrons. The van der Waals surface area contributed by atoms with Gasteiger partial charge in [0.05, 0.1) is 0 Å². The molecule has 0 aliphatic rings. The third-order valence-electron chi connectivity index (χ3n) is 2.14. The number of ether oxygens (including phenoxy) is 1. The summed E-state index contributed by atoms with van der Waals surface area (Å²) >= 11 is 1.62. The fraction of sp³-hybridized carbons (Fsp3) is 0.583. The number of urea groups is 1. The van der Waals surface area contributed by atoms with Crippen LogP contribution in [0.25, 0.3) is 0 Å². The maximum absolute atomic E-state index is 11.6. The largest absolute Gasteiger partial charge is 0.375 e. The highest BCUT2D eigenvalue weighted by atomic mass is 32.1. The van der Waals surface area contributed by atoms with Crippen LogP contribution >= 0.6 is 11.3 Å². The lowest BCUT2D eigenvalue weighted by molar-refractivity contribution is 0.104. The van der Waals surface area contributed by atoms with Crippen LogP contribution in [0, 0.1) is 0 Å². The molecule has 0 fully saturated rings. The van der Waals surface area contributed by atoms with Gasteiger partial charge in [0.2, 0.25) is 0 Å². The molecule has 1 heterocycles. The Balaban J connectivity index is 2.41. The van der Waals surface area contributed by atoms with E-state index in [1.807, 2.05) is 37.6 Å². The lowest BCUT2D eigenvalue weighted by Crippen LogP contribution is -2.47. The Bertz CT molecular complexity index is 344. The molecule has 0 spiro atoms. The summed E-state index contributed by atoms with van der Waals surface area (Å²) in [4.78, 5) is 11.6. The molecule has 0 bridgehead atoms. The van der Waals surface area contributed by atoms with Crippen molar-refractivity contribution in [3.63, 3.8) is 0 Å². The van der Waals surface area contributed by atoms with Gasteiger partial charge >= 0.3 is 6.03 Å². The molecule has 0 aromatic carbocycles. The second kappa shape index (κ2) is 6.02. The predicted molar refractivity (Wildman–Crippen MR) is 70.4 cm³/mol. The molecule has 1 unspecified atom stereocenters. The Morgan fingerprint density at radius 3 is 2.71 bits per heavy atom. The van der Waals surface area contributed by atoms with E-state index in [1.165, 1.54) is 0 Å². The van der Waals surface area contributed by atoms with Gasteiger partial charge in [-0.2, -0.15) is 11.3 Å². The molecular formula is C12H20N2O2S. The summed E-state index contributed by atoms with van der Waals surface area (Å²) in [5.41, 5.74) is 0.864. The van der Waals surface area contributed by atoms with Gasteiger partial charge in [-0.15, -0.1) is 0 Å². The number of carbonyl (C=O) groups is 1. The molecule has 0 aliphatic carbocycles. The van der Waals surface area contributed by atoms with Crippen LogP contribution in [0.1, 0.15) is 32.4 Å². The van der Waals surface area contributed by atoms with Gasteiger partial charge in [-0.25, -0.2) is 4.79 Å². The highest BCUT2D eigenvalue weighted by molar-refractivity contribution is 7.07. The van der Waals surface area contributed by atoms with Crippen molar-refractivity contribution in [2.75, 3.05) is 13.7 Å². The van der Waals surface area contributed by atoms with Crippen LogP contribution < -0.4 is 10.6 Å². The summed E-state index contributed by atoms with van der Waals surface area (Å²) in [6, 6.07) is 1.83. The summed E-state index contributed by atoms with van der Waals surface area (Å²) in [5, 5.41) is 9.67. The van der Waals surface area contributed by atoms with Crippen molar-refractivity contribution in [3.05, 3.63) is 22.4 Å². The van der Waals surface area contributed by atoms with Crippen LogP contribution in [0.4, 0.5) is 4.79 Å². The molecule has 1 atom stereocenters. The van der Waals surface area contributed by atoms with Crippen molar-refractivity contribution < 1.29 is 9.53 Å². The van der Waals surface area contributed by atoms with E-state index >= 15 is 0 Å².